The van der Waals surface area contributed by atoms with Gasteiger partial charge in [0.05, 0.1) is 12.7 Å². The van der Waals surface area contributed by atoms with E-state index in [1.807, 2.05) is 0 Å². The second-order valence-corrected chi connectivity index (χ2v) is 2.71. The number of Topliss-reactive ketones (excluding diaryl/α,β-unsaturated/α-hetero) is 1. The highest BCUT2D eigenvalue weighted by Gasteiger charge is 2.40. The van der Waals surface area contributed by atoms with E-state index in [4.69, 9.17) is 5.11 Å². The molecule has 0 aliphatic heterocycles. The molecule has 0 heterocycles. The Kier molecular flexibility index (Phi) is 2.88. The zero-order valence-corrected chi connectivity index (χ0v) is 7.63. The first-order chi connectivity index (χ1) is 6.86. The average molecular weight is 220 g/mol. The Bertz CT molecular complexity index is 385. The molecule has 1 aromatic carbocycles. The van der Waals surface area contributed by atoms with E-state index >= 15 is 0 Å². The molecule has 6 heteroatoms. The maximum atomic E-state index is 12.0. The van der Waals surface area contributed by atoms with E-state index in [1.54, 1.807) is 0 Å². The van der Waals surface area contributed by atoms with Crippen molar-refractivity contribution in [3.05, 3.63) is 23.8 Å². The average Bonchev–Trinajstić information content (AvgIpc) is 2.15. The summed E-state index contributed by atoms with van der Waals surface area (Å²) in [6.45, 7) is 0. The van der Waals surface area contributed by atoms with Crippen molar-refractivity contribution in [1.82, 2.24) is 0 Å². The molecule has 15 heavy (non-hydrogen) atoms. The minimum absolute atomic E-state index is 0.172. The molecule has 1 rings (SSSR count). The van der Waals surface area contributed by atoms with Gasteiger partial charge in [-0.25, -0.2) is 0 Å². The van der Waals surface area contributed by atoms with Crippen molar-refractivity contribution >= 4 is 5.78 Å². The molecule has 82 valence electrons. The summed E-state index contributed by atoms with van der Waals surface area (Å²) in [6, 6.07) is 2.97. The summed E-state index contributed by atoms with van der Waals surface area (Å²) in [5.41, 5.74) is -0.789. The Morgan fingerprint density at radius 2 is 2.00 bits per heavy atom. The number of aromatic hydroxyl groups is 1. The Balaban J connectivity index is 3.12. The van der Waals surface area contributed by atoms with Gasteiger partial charge in [0.25, 0.3) is 5.78 Å². The first-order valence-corrected chi connectivity index (χ1v) is 3.85. The number of carbonyl (C=O) groups excluding carboxylic acids is 1. The lowest BCUT2D eigenvalue weighted by molar-refractivity contribution is -0.0886. The second-order valence-electron chi connectivity index (χ2n) is 2.71. The fourth-order valence-electron chi connectivity index (χ4n) is 0.983. The molecular weight excluding hydrogens is 213 g/mol. The maximum absolute atomic E-state index is 12.0. The van der Waals surface area contributed by atoms with E-state index in [0.29, 0.717) is 0 Å². The van der Waals surface area contributed by atoms with Crippen LogP contribution in [0.1, 0.15) is 10.4 Å². The van der Waals surface area contributed by atoms with Crippen LogP contribution in [0.4, 0.5) is 13.2 Å². The minimum Gasteiger partial charge on any atom is -0.507 e. The normalized spacial score (nSPS) is 11.2. The number of alkyl halides is 3. The van der Waals surface area contributed by atoms with Gasteiger partial charge in [0.15, 0.2) is 0 Å². The molecule has 0 amide bonds. The van der Waals surface area contributed by atoms with E-state index in [0.717, 1.165) is 12.1 Å². The van der Waals surface area contributed by atoms with Crippen LogP contribution in [0.5, 0.6) is 11.5 Å². The molecule has 1 N–H and O–H groups in total. The van der Waals surface area contributed by atoms with E-state index in [9.17, 15) is 18.0 Å². The van der Waals surface area contributed by atoms with Crippen LogP contribution in [-0.4, -0.2) is 24.2 Å². The van der Waals surface area contributed by atoms with Crippen LogP contribution in [0.3, 0.4) is 0 Å². The molecule has 0 saturated carbocycles. The molecule has 0 aliphatic carbocycles. The lowest BCUT2D eigenvalue weighted by atomic mass is 10.1. The number of phenolic OH excluding ortho intramolecular Hbond substituents is 1. The van der Waals surface area contributed by atoms with Crippen molar-refractivity contribution in [1.29, 1.82) is 0 Å². The number of hydrogen-bond donors (Lipinski definition) is 1. The van der Waals surface area contributed by atoms with Gasteiger partial charge < -0.3 is 9.84 Å². The monoisotopic (exact) mass is 220 g/mol. The third kappa shape index (κ3) is 2.39. The number of ether oxygens (including phenoxy) is 1. The molecule has 0 radical (unpaired) electrons. The van der Waals surface area contributed by atoms with Crippen molar-refractivity contribution in [3.63, 3.8) is 0 Å². The number of ketones is 1. The zero-order chi connectivity index (χ0) is 11.6. The maximum Gasteiger partial charge on any atom is 0.455 e. The SMILES string of the molecule is COc1ccc(C(=O)C(F)(F)F)c(O)c1. The minimum atomic E-state index is -4.99. The molecule has 0 unspecified atom stereocenters. The fraction of sp³-hybridized carbons (Fsp3) is 0.222. The molecule has 0 aromatic heterocycles. The molecule has 0 atom stereocenters. The van der Waals surface area contributed by atoms with Crippen molar-refractivity contribution in [2.75, 3.05) is 7.11 Å². The molecule has 1 aromatic rings. The Morgan fingerprint density at radius 3 is 2.40 bits per heavy atom. The van der Waals surface area contributed by atoms with Crippen LogP contribution >= 0.6 is 0 Å². The van der Waals surface area contributed by atoms with E-state index in [2.05, 4.69) is 4.74 Å². The summed E-state index contributed by atoms with van der Waals surface area (Å²) >= 11 is 0. The van der Waals surface area contributed by atoms with Gasteiger partial charge >= 0.3 is 6.18 Å². The van der Waals surface area contributed by atoms with Gasteiger partial charge in [-0.3, -0.25) is 4.79 Å². The van der Waals surface area contributed by atoms with Crippen LogP contribution in [0.15, 0.2) is 18.2 Å². The summed E-state index contributed by atoms with van der Waals surface area (Å²) in [5.74, 6) is -2.66. The lowest BCUT2D eigenvalue weighted by Gasteiger charge is -2.08. The van der Waals surface area contributed by atoms with Gasteiger partial charge in [-0.05, 0) is 12.1 Å². The number of benzene rings is 1. The smallest absolute Gasteiger partial charge is 0.455 e. The molecular formula is C9H7F3O3. The van der Waals surface area contributed by atoms with E-state index < -0.39 is 23.3 Å². The fourth-order valence-corrected chi connectivity index (χ4v) is 0.983. The molecule has 0 saturated heterocycles. The van der Waals surface area contributed by atoms with Crippen LogP contribution < -0.4 is 4.74 Å². The Labute approximate surface area is 83.1 Å². The number of halogens is 3. The number of rotatable bonds is 2. The number of carbonyl (C=O) groups is 1. The number of methoxy groups -OCH3 is 1. The van der Waals surface area contributed by atoms with Crippen LogP contribution in [-0.2, 0) is 0 Å². The molecule has 0 aliphatic rings. The van der Waals surface area contributed by atoms with E-state index in [1.165, 1.54) is 13.2 Å². The van der Waals surface area contributed by atoms with Crippen LogP contribution in [0, 0.1) is 0 Å². The van der Waals surface area contributed by atoms with Crippen LogP contribution in [0.2, 0.25) is 0 Å². The van der Waals surface area contributed by atoms with Crippen molar-refractivity contribution in [2.24, 2.45) is 0 Å². The van der Waals surface area contributed by atoms with Gasteiger partial charge in [-0.1, -0.05) is 0 Å². The van der Waals surface area contributed by atoms with Crippen molar-refractivity contribution in [3.8, 4) is 11.5 Å². The second kappa shape index (κ2) is 3.80. The highest BCUT2D eigenvalue weighted by atomic mass is 19.4. The van der Waals surface area contributed by atoms with Crippen LogP contribution in [0.25, 0.3) is 0 Å². The summed E-state index contributed by atoms with van der Waals surface area (Å²) in [6.07, 6.45) is -4.99. The van der Waals surface area contributed by atoms with Gasteiger partial charge in [0.1, 0.15) is 11.5 Å². The van der Waals surface area contributed by atoms with Crippen molar-refractivity contribution < 1.29 is 27.8 Å². The third-order valence-electron chi connectivity index (χ3n) is 1.71. The highest BCUT2D eigenvalue weighted by Crippen LogP contribution is 2.29. The third-order valence-corrected chi connectivity index (χ3v) is 1.71. The quantitative estimate of drug-likeness (QED) is 0.776. The highest BCUT2D eigenvalue weighted by molar-refractivity contribution is 6.02. The predicted molar refractivity (Wildman–Crippen MR) is 45.0 cm³/mol. The standard InChI is InChI=1S/C9H7F3O3/c1-15-5-2-3-6(7(13)4-5)8(14)9(10,11)12/h2-4,13H,1H3. The largest absolute Gasteiger partial charge is 0.507 e. The molecule has 0 bridgehead atoms. The first kappa shape index (κ1) is 11.4. The van der Waals surface area contributed by atoms with Gasteiger partial charge in [-0.15, -0.1) is 0 Å². The topological polar surface area (TPSA) is 46.5 Å². The summed E-state index contributed by atoms with van der Waals surface area (Å²) in [4.78, 5) is 10.8. The number of phenols is 1. The molecule has 3 nitrogen and oxygen atoms in total. The Hall–Kier alpha value is -1.72. The lowest BCUT2D eigenvalue weighted by Crippen LogP contribution is -2.22. The Morgan fingerprint density at radius 1 is 1.40 bits per heavy atom. The van der Waals surface area contributed by atoms with Gasteiger partial charge in [0.2, 0.25) is 0 Å². The van der Waals surface area contributed by atoms with Crippen molar-refractivity contribution in [2.45, 2.75) is 6.18 Å². The predicted octanol–water partition coefficient (Wildman–Crippen LogP) is 2.15. The number of hydrogen-bond acceptors (Lipinski definition) is 3. The van der Waals surface area contributed by atoms with Gasteiger partial charge in [-0.2, -0.15) is 13.2 Å². The molecule has 0 fully saturated rings. The van der Waals surface area contributed by atoms with E-state index in [-0.39, 0.29) is 5.75 Å². The summed E-state index contributed by atoms with van der Waals surface area (Å²) in [5, 5.41) is 9.16. The summed E-state index contributed by atoms with van der Waals surface area (Å²) in [7, 11) is 1.29. The van der Waals surface area contributed by atoms with Gasteiger partial charge in [0, 0.05) is 6.07 Å². The summed E-state index contributed by atoms with van der Waals surface area (Å²) < 4.78 is 40.7. The zero-order valence-electron chi connectivity index (χ0n) is 7.63. The first-order valence-electron chi connectivity index (χ1n) is 3.85. The molecule has 0 spiro atoms.